The van der Waals surface area contributed by atoms with Crippen LogP contribution in [0.1, 0.15) is 19.4 Å². The number of rotatable bonds is 8. The number of aromatic nitrogens is 4. The zero-order chi connectivity index (χ0) is 23.6. The van der Waals surface area contributed by atoms with Crippen LogP contribution in [0.4, 0.5) is 0 Å². The number of aromatic amines is 1. The predicted molar refractivity (Wildman–Crippen MR) is 127 cm³/mol. The molecule has 0 spiro atoms. The van der Waals surface area contributed by atoms with E-state index >= 15 is 0 Å². The molecule has 2 N–H and O–H groups in total. The Balaban J connectivity index is 1.59. The van der Waals surface area contributed by atoms with Crippen molar-refractivity contribution < 1.29 is 8.42 Å². The van der Waals surface area contributed by atoms with Gasteiger partial charge in [0.05, 0.1) is 10.4 Å². The van der Waals surface area contributed by atoms with Gasteiger partial charge in [0.15, 0.2) is 0 Å². The van der Waals surface area contributed by atoms with Crippen molar-refractivity contribution in [3.05, 3.63) is 81.3 Å². The summed E-state index contributed by atoms with van der Waals surface area (Å²) >= 11 is 0. The molecule has 0 aliphatic heterocycles. The lowest BCUT2D eigenvalue weighted by Crippen LogP contribution is -2.39. The third-order valence-electron chi connectivity index (χ3n) is 5.57. The van der Waals surface area contributed by atoms with E-state index in [1.807, 2.05) is 19.1 Å². The van der Waals surface area contributed by atoms with Crippen LogP contribution < -0.4 is 16.0 Å². The van der Waals surface area contributed by atoms with Crippen molar-refractivity contribution in [2.24, 2.45) is 0 Å². The molecule has 9 nitrogen and oxygen atoms in total. The monoisotopic (exact) mass is 467 g/mol. The summed E-state index contributed by atoms with van der Waals surface area (Å²) in [4.78, 5) is 32.5. The lowest BCUT2D eigenvalue weighted by Gasteiger charge is -2.07. The Hall–Kier alpha value is -3.50. The van der Waals surface area contributed by atoms with Crippen molar-refractivity contribution in [3.8, 4) is 11.3 Å². The summed E-state index contributed by atoms with van der Waals surface area (Å²) in [5.74, 6) is 0. The maximum Gasteiger partial charge on any atom is 0.331 e. The summed E-state index contributed by atoms with van der Waals surface area (Å²) in [6.45, 7) is 4.58. The summed E-state index contributed by atoms with van der Waals surface area (Å²) in [6, 6.07) is 11.8. The van der Waals surface area contributed by atoms with Crippen molar-refractivity contribution in [2.45, 2.75) is 38.3 Å². The van der Waals surface area contributed by atoms with Crippen LogP contribution in [0.5, 0.6) is 0 Å². The van der Waals surface area contributed by atoms with Crippen LogP contribution >= 0.6 is 0 Å². The van der Waals surface area contributed by atoms with Crippen molar-refractivity contribution >= 4 is 21.1 Å². The van der Waals surface area contributed by atoms with Gasteiger partial charge in [-0.05, 0) is 61.7 Å². The lowest BCUT2D eigenvalue weighted by atomic mass is 10.1. The first kappa shape index (κ1) is 22.7. The molecule has 0 fully saturated rings. The molecule has 172 valence electrons. The molecule has 1 aromatic carbocycles. The zero-order valence-corrected chi connectivity index (χ0v) is 19.2. The molecule has 0 radical (unpaired) electrons. The number of aryl methyl sites for hydroxylation is 1. The molecular weight excluding hydrogens is 442 g/mol. The molecule has 0 saturated heterocycles. The van der Waals surface area contributed by atoms with Gasteiger partial charge in [-0.2, -0.15) is 0 Å². The van der Waals surface area contributed by atoms with Crippen LogP contribution in [0.15, 0.2) is 69.3 Å². The van der Waals surface area contributed by atoms with Gasteiger partial charge in [0, 0.05) is 37.7 Å². The lowest BCUT2D eigenvalue weighted by molar-refractivity contribution is 0.581. The second kappa shape index (κ2) is 9.16. The number of H-pyrrole nitrogens is 1. The van der Waals surface area contributed by atoms with Gasteiger partial charge in [0.25, 0.3) is 5.56 Å². The summed E-state index contributed by atoms with van der Waals surface area (Å²) in [7, 11) is -3.66. The molecule has 4 rings (SSSR count). The molecule has 33 heavy (non-hydrogen) atoms. The Morgan fingerprint density at radius 3 is 2.27 bits per heavy atom. The third-order valence-corrected chi connectivity index (χ3v) is 7.05. The van der Waals surface area contributed by atoms with E-state index in [0.29, 0.717) is 35.3 Å². The standard InChI is InChI=1S/C23H25N5O4S/c1-3-27-20-15-19(26-21(20)22(29)28(4-2)23(27)30)17-5-7-18(8-6-17)33(31,32)25-14-11-16-9-12-24-13-10-16/h5-10,12-13,15,25-26H,3-4,11,14H2,1-2H3. The minimum absolute atomic E-state index is 0.149. The first-order chi connectivity index (χ1) is 15.9. The number of hydrogen-bond acceptors (Lipinski definition) is 5. The molecule has 0 unspecified atom stereocenters. The zero-order valence-electron chi connectivity index (χ0n) is 18.4. The highest BCUT2D eigenvalue weighted by Crippen LogP contribution is 2.23. The number of benzene rings is 1. The Morgan fingerprint density at radius 2 is 1.64 bits per heavy atom. The highest BCUT2D eigenvalue weighted by atomic mass is 32.2. The number of sulfonamides is 1. The van der Waals surface area contributed by atoms with E-state index in [0.717, 1.165) is 5.56 Å². The van der Waals surface area contributed by atoms with Crippen LogP contribution in [-0.2, 0) is 29.5 Å². The van der Waals surface area contributed by atoms with Gasteiger partial charge in [-0.25, -0.2) is 17.9 Å². The van der Waals surface area contributed by atoms with E-state index in [4.69, 9.17) is 0 Å². The maximum absolute atomic E-state index is 12.7. The first-order valence-corrected chi connectivity index (χ1v) is 12.2. The number of hydrogen-bond donors (Lipinski definition) is 2. The molecule has 4 aromatic rings. The summed E-state index contributed by atoms with van der Waals surface area (Å²) in [5.41, 5.74) is 2.50. The SMILES string of the molecule is CCn1c(=O)c2[nH]c(-c3ccc(S(=O)(=O)NCCc4ccncc4)cc3)cc2n(CC)c1=O. The second-order valence-corrected chi connectivity index (χ2v) is 9.31. The Bertz CT molecular complexity index is 1500. The highest BCUT2D eigenvalue weighted by molar-refractivity contribution is 7.89. The predicted octanol–water partition coefficient (Wildman–Crippen LogP) is 2.11. The van der Waals surface area contributed by atoms with Crippen molar-refractivity contribution in [1.29, 1.82) is 0 Å². The van der Waals surface area contributed by atoms with Crippen LogP contribution in [0.3, 0.4) is 0 Å². The minimum Gasteiger partial charge on any atom is -0.349 e. The summed E-state index contributed by atoms with van der Waals surface area (Å²) in [5, 5.41) is 0. The molecular formula is C23H25N5O4S. The smallest absolute Gasteiger partial charge is 0.331 e. The molecule has 0 saturated carbocycles. The fraction of sp³-hybridized carbons (Fsp3) is 0.261. The van der Waals surface area contributed by atoms with Gasteiger partial charge in [0.1, 0.15) is 5.52 Å². The van der Waals surface area contributed by atoms with Crippen molar-refractivity contribution in [2.75, 3.05) is 6.54 Å². The fourth-order valence-electron chi connectivity index (χ4n) is 3.81. The van der Waals surface area contributed by atoms with E-state index in [9.17, 15) is 18.0 Å². The molecule has 0 bridgehead atoms. The Labute approximate surface area is 190 Å². The normalized spacial score (nSPS) is 11.8. The molecule has 3 aromatic heterocycles. The van der Waals surface area contributed by atoms with Crippen LogP contribution in [0.25, 0.3) is 22.3 Å². The molecule has 3 heterocycles. The van der Waals surface area contributed by atoms with Gasteiger partial charge in [-0.1, -0.05) is 12.1 Å². The van der Waals surface area contributed by atoms with Gasteiger partial charge in [-0.3, -0.25) is 18.9 Å². The minimum atomic E-state index is -3.66. The number of nitrogens with one attached hydrogen (secondary N) is 2. The van der Waals surface area contributed by atoms with E-state index in [-0.39, 0.29) is 29.2 Å². The third kappa shape index (κ3) is 4.39. The van der Waals surface area contributed by atoms with E-state index in [1.54, 1.807) is 42.1 Å². The van der Waals surface area contributed by atoms with Gasteiger partial charge in [0.2, 0.25) is 10.0 Å². The molecule has 0 aliphatic carbocycles. The molecule has 10 heteroatoms. The van der Waals surface area contributed by atoms with Gasteiger partial charge >= 0.3 is 5.69 Å². The van der Waals surface area contributed by atoms with E-state index in [2.05, 4.69) is 14.7 Å². The quantitative estimate of drug-likeness (QED) is 0.411. The average Bonchev–Trinajstić information content (AvgIpc) is 3.26. The number of nitrogens with zero attached hydrogens (tertiary/aromatic N) is 3. The Kier molecular flexibility index (Phi) is 6.30. The topological polar surface area (TPSA) is 119 Å². The summed E-state index contributed by atoms with van der Waals surface area (Å²) in [6.07, 6.45) is 3.90. The van der Waals surface area contributed by atoms with Crippen LogP contribution in [-0.4, -0.2) is 34.1 Å². The molecule has 0 atom stereocenters. The highest BCUT2D eigenvalue weighted by Gasteiger charge is 2.17. The van der Waals surface area contributed by atoms with Crippen molar-refractivity contribution in [3.63, 3.8) is 0 Å². The van der Waals surface area contributed by atoms with Gasteiger partial charge in [-0.15, -0.1) is 0 Å². The van der Waals surface area contributed by atoms with Gasteiger partial charge < -0.3 is 4.98 Å². The van der Waals surface area contributed by atoms with Crippen molar-refractivity contribution in [1.82, 2.24) is 23.8 Å². The fourth-order valence-corrected chi connectivity index (χ4v) is 4.84. The maximum atomic E-state index is 12.7. The molecule has 0 aliphatic rings. The van der Waals surface area contributed by atoms with Crippen LogP contribution in [0, 0.1) is 0 Å². The number of fused-ring (bicyclic) bond motifs is 1. The average molecular weight is 468 g/mol. The first-order valence-electron chi connectivity index (χ1n) is 10.7. The van der Waals surface area contributed by atoms with E-state index in [1.165, 1.54) is 16.7 Å². The largest absolute Gasteiger partial charge is 0.349 e. The Morgan fingerprint density at radius 1 is 0.970 bits per heavy atom. The second-order valence-electron chi connectivity index (χ2n) is 7.55. The van der Waals surface area contributed by atoms with Crippen LogP contribution in [0.2, 0.25) is 0 Å². The van der Waals surface area contributed by atoms with E-state index < -0.39 is 10.0 Å². The molecule has 0 amide bonds. The summed E-state index contributed by atoms with van der Waals surface area (Å²) < 4.78 is 30.6. The number of pyridine rings is 1.